The van der Waals surface area contributed by atoms with Gasteiger partial charge in [-0.2, -0.15) is 0 Å². The molecule has 0 bridgehead atoms. The van der Waals surface area contributed by atoms with Crippen molar-refractivity contribution in [1.29, 1.82) is 0 Å². The van der Waals surface area contributed by atoms with Crippen LogP contribution in [0.4, 0.5) is 0 Å². The summed E-state index contributed by atoms with van der Waals surface area (Å²) in [5.41, 5.74) is 0.706. The van der Waals surface area contributed by atoms with E-state index in [-0.39, 0.29) is 17.0 Å². The van der Waals surface area contributed by atoms with Crippen molar-refractivity contribution in [3.8, 4) is 0 Å². The molecule has 2 aromatic rings. The summed E-state index contributed by atoms with van der Waals surface area (Å²) in [5.74, 6) is 0.829. The van der Waals surface area contributed by atoms with Gasteiger partial charge in [0, 0.05) is 18.5 Å². The Morgan fingerprint density at radius 1 is 1.20 bits per heavy atom. The molecule has 25 heavy (non-hydrogen) atoms. The lowest BCUT2D eigenvalue weighted by molar-refractivity contribution is 0.0912. The number of carbonyl (C=O) groups excluding carboxylic acids is 1. The van der Waals surface area contributed by atoms with E-state index in [9.17, 15) is 9.59 Å². The van der Waals surface area contributed by atoms with Gasteiger partial charge in [0.15, 0.2) is 0 Å². The molecule has 0 atom stereocenters. The molecule has 1 aliphatic heterocycles. The van der Waals surface area contributed by atoms with Gasteiger partial charge in [-0.25, -0.2) is 4.98 Å². The van der Waals surface area contributed by atoms with Crippen molar-refractivity contribution in [2.75, 3.05) is 0 Å². The van der Waals surface area contributed by atoms with Gasteiger partial charge in [-0.3, -0.25) is 14.2 Å². The Labute approximate surface area is 151 Å². The maximum atomic E-state index is 13.0. The van der Waals surface area contributed by atoms with Crippen LogP contribution in [0.3, 0.4) is 0 Å². The summed E-state index contributed by atoms with van der Waals surface area (Å²) in [6, 6.07) is 0. The van der Waals surface area contributed by atoms with Crippen LogP contribution in [-0.2, 0) is 13.0 Å². The lowest BCUT2D eigenvalue weighted by atomic mass is 10.0. The van der Waals surface area contributed by atoms with Crippen molar-refractivity contribution < 1.29 is 4.79 Å². The normalized spacial score (nSPS) is 19.6. The molecule has 1 N–H and O–H groups in total. The van der Waals surface area contributed by atoms with E-state index in [4.69, 9.17) is 4.98 Å². The molecular formula is C19H25N3O2S. The molecule has 1 aliphatic carbocycles. The Morgan fingerprint density at radius 3 is 2.72 bits per heavy atom. The molecule has 2 aromatic heterocycles. The minimum Gasteiger partial charge on any atom is -0.346 e. The highest BCUT2D eigenvalue weighted by molar-refractivity contribution is 7.20. The summed E-state index contributed by atoms with van der Waals surface area (Å²) in [4.78, 5) is 32.0. The second kappa shape index (κ2) is 6.24. The van der Waals surface area contributed by atoms with Crippen molar-refractivity contribution in [2.45, 2.75) is 77.3 Å². The average molecular weight is 359 g/mol. The van der Waals surface area contributed by atoms with Gasteiger partial charge in [0.1, 0.15) is 10.7 Å². The molecule has 0 aromatic carbocycles. The Balaban J connectivity index is 1.76. The van der Waals surface area contributed by atoms with Crippen LogP contribution in [0.2, 0.25) is 0 Å². The second-order valence-electron chi connectivity index (χ2n) is 7.75. The summed E-state index contributed by atoms with van der Waals surface area (Å²) in [6.07, 6.45) is 8.47. The number of carbonyl (C=O) groups is 1. The molecular weight excluding hydrogens is 334 g/mol. The molecule has 0 radical (unpaired) electrons. The molecule has 0 unspecified atom stereocenters. The first-order valence-electron chi connectivity index (χ1n) is 9.34. The zero-order valence-corrected chi connectivity index (χ0v) is 15.8. The lowest BCUT2D eigenvalue weighted by Crippen LogP contribution is -2.43. The van der Waals surface area contributed by atoms with Gasteiger partial charge in [-0.15, -0.1) is 11.3 Å². The minimum atomic E-state index is -0.112. The Hall–Kier alpha value is -1.69. The zero-order chi connectivity index (χ0) is 17.6. The van der Waals surface area contributed by atoms with Gasteiger partial charge >= 0.3 is 0 Å². The van der Waals surface area contributed by atoms with Gasteiger partial charge in [0.05, 0.1) is 10.3 Å². The number of hydrogen-bond donors (Lipinski definition) is 1. The number of hydrogen-bond acceptors (Lipinski definition) is 4. The first-order valence-corrected chi connectivity index (χ1v) is 10.2. The van der Waals surface area contributed by atoms with Crippen LogP contribution in [-0.4, -0.2) is 21.0 Å². The van der Waals surface area contributed by atoms with Crippen LogP contribution in [0.15, 0.2) is 4.79 Å². The molecule has 1 amide bonds. The van der Waals surface area contributed by atoms with Crippen LogP contribution >= 0.6 is 11.3 Å². The first kappa shape index (κ1) is 16.8. The number of nitrogens with zero attached hydrogens (tertiary/aromatic N) is 2. The van der Waals surface area contributed by atoms with Gasteiger partial charge < -0.3 is 5.32 Å². The topological polar surface area (TPSA) is 64.0 Å². The largest absolute Gasteiger partial charge is 0.346 e. The van der Waals surface area contributed by atoms with Crippen LogP contribution in [0.5, 0.6) is 0 Å². The third kappa shape index (κ3) is 2.90. The third-order valence-corrected chi connectivity index (χ3v) is 6.92. The lowest BCUT2D eigenvalue weighted by Gasteiger charge is -2.25. The van der Waals surface area contributed by atoms with Crippen LogP contribution in [0.25, 0.3) is 10.2 Å². The highest BCUT2D eigenvalue weighted by Crippen LogP contribution is 2.32. The quantitative estimate of drug-likeness (QED) is 0.892. The van der Waals surface area contributed by atoms with E-state index in [1.54, 1.807) is 0 Å². The number of aryl methyl sites for hydroxylation is 2. The summed E-state index contributed by atoms with van der Waals surface area (Å²) >= 11 is 1.37. The highest BCUT2D eigenvalue weighted by Gasteiger charge is 2.32. The predicted octanol–water partition coefficient (Wildman–Crippen LogP) is 3.56. The molecule has 2 aliphatic rings. The highest BCUT2D eigenvalue weighted by atomic mass is 32.1. The standard InChI is InChI=1S/C19H25N3O2S/c1-12-14-17(20-13-8-4-3-7-11-22(13)18(14)24)25-15(12)16(23)21-19(2)9-5-6-10-19/h3-11H2,1-2H3,(H,21,23). The average Bonchev–Trinajstić information content (AvgIpc) is 3.03. The van der Waals surface area contributed by atoms with Crippen molar-refractivity contribution >= 4 is 27.5 Å². The molecule has 5 nitrogen and oxygen atoms in total. The van der Waals surface area contributed by atoms with Crippen molar-refractivity contribution in [3.05, 3.63) is 26.6 Å². The van der Waals surface area contributed by atoms with Crippen molar-refractivity contribution in [3.63, 3.8) is 0 Å². The summed E-state index contributed by atoms with van der Waals surface area (Å²) in [5, 5.41) is 3.84. The molecule has 1 saturated carbocycles. The van der Waals surface area contributed by atoms with Crippen molar-refractivity contribution in [1.82, 2.24) is 14.9 Å². The van der Waals surface area contributed by atoms with Gasteiger partial charge in [-0.1, -0.05) is 19.3 Å². The maximum Gasteiger partial charge on any atom is 0.262 e. The summed E-state index contributed by atoms with van der Waals surface area (Å²) < 4.78 is 1.83. The van der Waals surface area contributed by atoms with E-state index in [0.29, 0.717) is 10.3 Å². The zero-order valence-electron chi connectivity index (χ0n) is 15.0. The number of aromatic nitrogens is 2. The molecule has 3 heterocycles. The summed E-state index contributed by atoms with van der Waals surface area (Å²) in [7, 11) is 0. The van der Waals surface area contributed by atoms with Crippen LogP contribution in [0.1, 0.15) is 72.9 Å². The van der Waals surface area contributed by atoms with E-state index in [0.717, 1.165) is 74.1 Å². The fourth-order valence-electron chi connectivity index (χ4n) is 4.24. The Kier molecular flexibility index (Phi) is 4.18. The third-order valence-electron chi connectivity index (χ3n) is 5.74. The minimum absolute atomic E-state index is 0.0294. The molecule has 134 valence electrons. The van der Waals surface area contributed by atoms with E-state index < -0.39 is 0 Å². The van der Waals surface area contributed by atoms with E-state index in [1.807, 2.05) is 11.5 Å². The monoisotopic (exact) mass is 359 g/mol. The fraction of sp³-hybridized carbons (Fsp3) is 0.632. The molecule has 0 spiro atoms. The Bertz CT molecular complexity index is 890. The Morgan fingerprint density at radius 2 is 1.96 bits per heavy atom. The second-order valence-corrected chi connectivity index (χ2v) is 8.75. The SMILES string of the molecule is Cc1c(C(=O)NC2(C)CCCC2)sc2nc3n(c(=O)c12)CCCCC3. The molecule has 1 fully saturated rings. The number of nitrogens with one attached hydrogen (secondary N) is 1. The number of thiophene rings is 1. The molecule has 0 saturated heterocycles. The van der Waals surface area contributed by atoms with E-state index in [1.165, 1.54) is 11.3 Å². The number of amides is 1. The first-order chi connectivity index (χ1) is 12.0. The number of rotatable bonds is 2. The van der Waals surface area contributed by atoms with Crippen molar-refractivity contribution in [2.24, 2.45) is 0 Å². The number of fused-ring (bicyclic) bond motifs is 2. The smallest absolute Gasteiger partial charge is 0.262 e. The predicted molar refractivity (Wildman–Crippen MR) is 101 cm³/mol. The van der Waals surface area contributed by atoms with Crippen LogP contribution in [0, 0.1) is 6.92 Å². The van der Waals surface area contributed by atoms with E-state index in [2.05, 4.69) is 12.2 Å². The molecule has 4 rings (SSSR count). The fourth-order valence-corrected chi connectivity index (χ4v) is 5.32. The van der Waals surface area contributed by atoms with Gasteiger partial charge in [-0.05, 0) is 45.1 Å². The molecule has 6 heteroatoms. The summed E-state index contributed by atoms with van der Waals surface area (Å²) in [6.45, 7) is 4.75. The maximum absolute atomic E-state index is 13.0. The van der Waals surface area contributed by atoms with Crippen LogP contribution < -0.4 is 10.9 Å². The van der Waals surface area contributed by atoms with Gasteiger partial charge in [0.2, 0.25) is 0 Å². The van der Waals surface area contributed by atoms with Gasteiger partial charge in [0.25, 0.3) is 11.5 Å². The van der Waals surface area contributed by atoms with E-state index >= 15 is 0 Å².